The summed E-state index contributed by atoms with van der Waals surface area (Å²) in [5, 5.41) is 4.75. The van der Waals surface area contributed by atoms with Crippen LogP contribution in [0.4, 0.5) is 5.69 Å². The maximum absolute atomic E-state index is 12.7. The summed E-state index contributed by atoms with van der Waals surface area (Å²) in [6.07, 6.45) is 3.41. The average Bonchev–Trinajstić information content (AvgIpc) is 3.42. The monoisotopic (exact) mass is 405 g/mol. The van der Waals surface area contributed by atoms with Gasteiger partial charge in [0.1, 0.15) is 0 Å². The Kier molecular flexibility index (Phi) is 5.12. The molecule has 7 nitrogen and oxygen atoms in total. The second-order valence-corrected chi connectivity index (χ2v) is 8.25. The number of amides is 1. The Balaban J connectivity index is 1.26. The normalized spacial score (nSPS) is 19.6. The minimum absolute atomic E-state index is 0.180. The number of anilines is 1. The molecule has 2 saturated heterocycles. The molecule has 1 atom stereocenters. The van der Waals surface area contributed by atoms with E-state index in [0.717, 1.165) is 62.0 Å². The molecule has 4 heterocycles. The van der Waals surface area contributed by atoms with Gasteiger partial charge in [0.25, 0.3) is 0 Å². The van der Waals surface area contributed by atoms with E-state index < -0.39 is 0 Å². The topological polar surface area (TPSA) is 63.0 Å². The molecule has 0 saturated carbocycles. The number of ether oxygens (including phenoxy) is 1. The van der Waals surface area contributed by atoms with Crippen LogP contribution in [-0.4, -0.2) is 64.8 Å². The number of carbonyl (C=O) groups excluding carboxylic acids is 1. The summed E-state index contributed by atoms with van der Waals surface area (Å²) >= 11 is 0. The van der Waals surface area contributed by atoms with Crippen LogP contribution in [0.5, 0.6) is 0 Å². The SMILES string of the molecule is Cc1ccc(CC(=O)N2CC[C@H](c3nc4ccc(N5CCOCC5)cn4n3)C2)cc1. The molecular weight excluding hydrogens is 378 g/mol. The van der Waals surface area contributed by atoms with E-state index >= 15 is 0 Å². The van der Waals surface area contributed by atoms with Gasteiger partial charge in [-0.3, -0.25) is 4.79 Å². The van der Waals surface area contributed by atoms with Crippen LogP contribution >= 0.6 is 0 Å². The third-order valence-electron chi connectivity index (χ3n) is 6.09. The Morgan fingerprint density at radius 3 is 2.70 bits per heavy atom. The van der Waals surface area contributed by atoms with Crippen molar-refractivity contribution >= 4 is 17.2 Å². The number of hydrogen-bond acceptors (Lipinski definition) is 5. The molecule has 1 amide bonds. The maximum Gasteiger partial charge on any atom is 0.227 e. The standard InChI is InChI=1S/C23H27N5O2/c1-17-2-4-18(5-3-17)14-22(29)27-9-8-19(15-27)23-24-21-7-6-20(16-28(21)25-23)26-10-12-30-13-11-26/h2-7,16,19H,8-15H2,1H3/t19-/m0/s1. The first-order chi connectivity index (χ1) is 14.7. The van der Waals surface area contributed by atoms with Gasteiger partial charge in [0.2, 0.25) is 5.91 Å². The van der Waals surface area contributed by atoms with Gasteiger partial charge < -0.3 is 14.5 Å². The van der Waals surface area contributed by atoms with E-state index in [1.54, 1.807) is 0 Å². The average molecular weight is 406 g/mol. The molecule has 156 valence electrons. The van der Waals surface area contributed by atoms with Crippen LogP contribution in [-0.2, 0) is 16.0 Å². The summed E-state index contributed by atoms with van der Waals surface area (Å²) in [5.74, 6) is 1.21. The van der Waals surface area contributed by atoms with Crippen LogP contribution in [0.3, 0.4) is 0 Å². The summed E-state index contributed by atoms with van der Waals surface area (Å²) in [7, 11) is 0. The number of likely N-dealkylation sites (tertiary alicyclic amines) is 1. The molecule has 2 fully saturated rings. The van der Waals surface area contributed by atoms with Gasteiger partial charge in [-0.2, -0.15) is 5.10 Å². The molecule has 0 bridgehead atoms. The lowest BCUT2D eigenvalue weighted by Crippen LogP contribution is -2.36. The highest BCUT2D eigenvalue weighted by atomic mass is 16.5. The lowest BCUT2D eigenvalue weighted by atomic mass is 10.1. The van der Waals surface area contributed by atoms with Gasteiger partial charge in [0.05, 0.1) is 31.5 Å². The number of rotatable bonds is 4. The summed E-state index contributed by atoms with van der Waals surface area (Å²) in [6.45, 7) is 6.83. The van der Waals surface area contributed by atoms with Gasteiger partial charge >= 0.3 is 0 Å². The van der Waals surface area contributed by atoms with Crippen molar-refractivity contribution in [3.8, 4) is 0 Å². The quantitative estimate of drug-likeness (QED) is 0.667. The lowest BCUT2D eigenvalue weighted by molar-refractivity contribution is -0.129. The van der Waals surface area contributed by atoms with Crippen molar-refractivity contribution in [1.82, 2.24) is 19.5 Å². The van der Waals surface area contributed by atoms with Crippen molar-refractivity contribution in [2.75, 3.05) is 44.3 Å². The molecule has 2 aliphatic rings. The molecule has 0 aliphatic carbocycles. The molecule has 2 aromatic heterocycles. The van der Waals surface area contributed by atoms with Gasteiger partial charge in [0.15, 0.2) is 11.5 Å². The molecule has 3 aromatic rings. The third-order valence-corrected chi connectivity index (χ3v) is 6.09. The molecule has 30 heavy (non-hydrogen) atoms. The fourth-order valence-electron chi connectivity index (χ4n) is 4.26. The first kappa shape index (κ1) is 19.1. The fourth-order valence-corrected chi connectivity index (χ4v) is 4.26. The maximum atomic E-state index is 12.7. The van der Waals surface area contributed by atoms with Gasteiger partial charge in [-0.25, -0.2) is 9.50 Å². The number of morpholine rings is 1. The third kappa shape index (κ3) is 3.89. The summed E-state index contributed by atoms with van der Waals surface area (Å²) < 4.78 is 7.32. The minimum Gasteiger partial charge on any atom is -0.378 e. The van der Waals surface area contributed by atoms with Crippen LogP contribution < -0.4 is 4.90 Å². The van der Waals surface area contributed by atoms with E-state index in [4.69, 9.17) is 14.8 Å². The van der Waals surface area contributed by atoms with Crippen LogP contribution in [0, 0.1) is 6.92 Å². The van der Waals surface area contributed by atoms with Gasteiger partial charge in [-0.05, 0) is 31.0 Å². The number of pyridine rings is 1. The predicted molar refractivity (Wildman–Crippen MR) is 115 cm³/mol. The molecule has 1 aromatic carbocycles. The zero-order valence-corrected chi connectivity index (χ0v) is 17.3. The van der Waals surface area contributed by atoms with Crippen molar-refractivity contribution in [3.63, 3.8) is 0 Å². The van der Waals surface area contributed by atoms with Crippen molar-refractivity contribution in [1.29, 1.82) is 0 Å². The van der Waals surface area contributed by atoms with E-state index in [9.17, 15) is 4.79 Å². The molecule has 2 aliphatic heterocycles. The fraction of sp³-hybridized carbons (Fsp3) is 0.435. The van der Waals surface area contributed by atoms with E-state index in [1.165, 1.54) is 5.56 Å². The van der Waals surface area contributed by atoms with Crippen LogP contribution in [0.2, 0.25) is 0 Å². The van der Waals surface area contributed by atoms with E-state index in [-0.39, 0.29) is 11.8 Å². The number of hydrogen-bond donors (Lipinski definition) is 0. The van der Waals surface area contributed by atoms with Gasteiger partial charge in [0, 0.05) is 32.1 Å². The zero-order chi connectivity index (χ0) is 20.5. The highest BCUT2D eigenvalue weighted by Crippen LogP contribution is 2.26. The second kappa shape index (κ2) is 8.07. The number of fused-ring (bicyclic) bond motifs is 1. The molecule has 0 spiro atoms. The Labute approximate surface area is 176 Å². The number of aryl methyl sites for hydroxylation is 1. The van der Waals surface area contributed by atoms with Crippen LogP contribution in [0.1, 0.15) is 29.3 Å². The highest BCUT2D eigenvalue weighted by Gasteiger charge is 2.30. The Morgan fingerprint density at radius 1 is 1.10 bits per heavy atom. The Bertz CT molecular complexity index is 1040. The molecule has 0 radical (unpaired) electrons. The largest absolute Gasteiger partial charge is 0.378 e. The molecule has 0 unspecified atom stereocenters. The van der Waals surface area contributed by atoms with Crippen LogP contribution in [0.25, 0.3) is 5.65 Å². The number of carbonyl (C=O) groups is 1. The highest BCUT2D eigenvalue weighted by molar-refractivity contribution is 5.79. The number of benzene rings is 1. The number of aromatic nitrogens is 3. The van der Waals surface area contributed by atoms with Gasteiger partial charge in [-0.1, -0.05) is 29.8 Å². The van der Waals surface area contributed by atoms with Crippen LogP contribution in [0.15, 0.2) is 42.6 Å². The molecule has 7 heteroatoms. The summed E-state index contributed by atoms with van der Waals surface area (Å²) in [6, 6.07) is 12.3. The first-order valence-electron chi connectivity index (χ1n) is 10.7. The molecule has 5 rings (SSSR count). The zero-order valence-electron chi connectivity index (χ0n) is 17.3. The lowest BCUT2D eigenvalue weighted by Gasteiger charge is -2.28. The predicted octanol–water partition coefficient (Wildman–Crippen LogP) is 2.43. The van der Waals surface area contributed by atoms with Crippen molar-refractivity contribution in [3.05, 3.63) is 59.5 Å². The second-order valence-electron chi connectivity index (χ2n) is 8.25. The van der Waals surface area contributed by atoms with Crippen molar-refractivity contribution < 1.29 is 9.53 Å². The van der Waals surface area contributed by atoms with Crippen molar-refractivity contribution in [2.24, 2.45) is 0 Å². The minimum atomic E-state index is 0.180. The Hall–Kier alpha value is -2.93. The summed E-state index contributed by atoms with van der Waals surface area (Å²) in [5.41, 5.74) is 4.27. The van der Waals surface area contributed by atoms with E-state index in [2.05, 4.69) is 30.0 Å². The first-order valence-corrected chi connectivity index (χ1v) is 10.7. The molecular formula is C23H27N5O2. The smallest absolute Gasteiger partial charge is 0.227 e. The molecule has 0 N–H and O–H groups in total. The number of nitrogens with zero attached hydrogens (tertiary/aromatic N) is 5. The summed E-state index contributed by atoms with van der Waals surface area (Å²) in [4.78, 5) is 21.7. The van der Waals surface area contributed by atoms with Gasteiger partial charge in [-0.15, -0.1) is 0 Å². The van der Waals surface area contributed by atoms with Crippen molar-refractivity contribution in [2.45, 2.75) is 25.7 Å². The van der Waals surface area contributed by atoms with E-state index in [0.29, 0.717) is 13.0 Å². The van der Waals surface area contributed by atoms with E-state index in [1.807, 2.05) is 33.8 Å². The Morgan fingerprint density at radius 2 is 1.90 bits per heavy atom.